The van der Waals surface area contributed by atoms with Gasteiger partial charge in [0.2, 0.25) is 0 Å². The average molecular weight is 549 g/mol. The second-order valence-electron chi connectivity index (χ2n) is 10.5. The monoisotopic (exact) mass is 548 g/mol. The van der Waals surface area contributed by atoms with Gasteiger partial charge >= 0.3 is 12.1 Å². The largest absolute Gasteiger partial charge is 0.466 e. The van der Waals surface area contributed by atoms with E-state index in [-0.39, 0.29) is 18.4 Å². The lowest BCUT2D eigenvalue weighted by Gasteiger charge is -2.31. The number of ether oxygens (including phenoxy) is 3. The molecule has 7 nitrogen and oxygen atoms in total. The molecule has 0 saturated carbocycles. The van der Waals surface area contributed by atoms with Gasteiger partial charge in [-0.05, 0) is 69.9 Å². The Labute approximate surface area is 229 Å². The van der Waals surface area contributed by atoms with Crippen molar-refractivity contribution in [1.82, 2.24) is 10.2 Å². The third-order valence-electron chi connectivity index (χ3n) is 6.17. The number of hydrogen-bond donors (Lipinski definition) is 1. The highest BCUT2D eigenvalue weighted by molar-refractivity contribution is 6.30. The summed E-state index contributed by atoms with van der Waals surface area (Å²) in [5.74, 6) is -1.08. The second kappa shape index (κ2) is 13.9. The summed E-state index contributed by atoms with van der Waals surface area (Å²) in [5, 5.41) is 3.42. The van der Waals surface area contributed by atoms with Crippen LogP contribution >= 0.6 is 11.6 Å². The van der Waals surface area contributed by atoms with Gasteiger partial charge in [-0.1, -0.05) is 35.9 Å². The first-order chi connectivity index (χ1) is 18.0. The highest BCUT2D eigenvalue weighted by atomic mass is 35.5. The first-order valence-electron chi connectivity index (χ1n) is 13.0. The third kappa shape index (κ3) is 9.57. The summed E-state index contributed by atoms with van der Waals surface area (Å²) in [6.45, 7) is 10.7. The van der Waals surface area contributed by atoms with Gasteiger partial charge < -0.3 is 19.5 Å². The Hall–Kier alpha value is -2.68. The molecule has 208 valence electrons. The Morgan fingerprint density at radius 1 is 1.13 bits per heavy atom. The number of hydrogen-bond acceptors (Lipinski definition) is 6. The van der Waals surface area contributed by atoms with Gasteiger partial charge in [0.15, 0.2) is 0 Å². The highest BCUT2D eigenvalue weighted by Gasteiger charge is 2.29. The van der Waals surface area contributed by atoms with E-state index in [2.05, 4.69) is 10.2 Å². The van der Waals surface area contributed by atoms with Gasteiger partial charge in [0.05, 0.1) is 25.7 Å². The van der Waals surface area contributed by atoms with Gasteiger partial charge in [-0.3, -0.25) is 9.69 Å². The molecule has 0 bridgehead atoms. The summed E-state index contributed by atoms with van der Waals surface area (Å²) < 4.78 is 30.7. The lowest BCUT2D eigenvalue weighted by Crippen LogP contribution is -2.46. The Morgan fingerprint density at radius 2 is 1.82 bits per heavy atom. The molecule has 1 fully saturated rings. The molecule has 1 N–H and O–H groups in total. The summed E-state index contributed by atoms with van der Waals surface area (Å²) in [7, 11) is 0. The van der Waals surface area contributed by atoms with Crippen LogP contribution in [0.5, 0.6) is 0 Å². The fourth-order valence-electron chi connectivity index (χ4n) is 4.44. The van der Waals surface area contributed by atoms with Crippen molar-refractivity contribution < 1.29 is 28.2 Å². The minimum absolute atomic E-state index is 0.282. The van der Waals surface area contributed by atoms with Crippen molar-refractivity contribution >= 4 is 23.7 Å². The van der Waals surface area contributed by atoms with Crippen LogP contribution in [0.2, 0.25) is 5.02 Å². The lowest BCUT2D eigenvalue weighted by molar-refractivity contribution is -0.149. The number of esters is 1. The standard InChI is InChI=1S/C29H38ClFN2O5/c1-5-37-27(34)22(19-33-12-14-36-15-13-33)17-24(32-28(35)38-29(2,3)4)16-20-6-8-21(9-7-20)25-18-23(30)10-11-26(25)31/h6-11,18,22,24H,5,12-17,19H2,1-4H3,(H,32,35). The summed E-state index contributed by atoms with van der Waals surface area (Å²) in [6, 6.07) is 11.5. The Morgan fingerprint density at radius 3 is 2.45 bits per heavy atom. The number of nitrogens with one attached hydrogen (secondary N) is 1. The maximum Gasteiger partial charge on any atom is 0.407 e. The molecule has 1 heterocycles. The van der Waals surface area contributed by atoms with E-state index in [4.69, 9.17) is 25.8 Å². The van der Waals surface area contributed by atoms with Crippen LogP contribution in [0, 0.1) is 11.7 Å². The molecule has 0 aliphatic carbocycles. The van der Waals surface area contributed by atoms with Crippen LogP contribution in [0.3, 0.4) is 0 Å². The third-order valence-corrected chi connectivity index (χ3v) is 6.40. The van der Waals surface area contributed by atoms with Crippen LogP contribution < -0.4 is 5.32 Å². The fourth-order valence-corrected chi connectivity index (χ4v) is 4.61. The van der Waals surface area contributed by atoms with E-state index >= 15 is 0 Å². The maximum absolute atomic E-state index is 14.3. The zero-order chi connectivity index (χ0) is 27.7. The molecule has 0 aromatic heterocycles. The van der Waals surface area contributed by atoms with Crippen molar-refractivity contribution in [2.75, 3.05) is 39.5 Å². The van der Waals surface area contributed by atoms with Crippen LogP contribution in [0.1, 0.15) is 39.7 Å². The van der Waals surface area contributed by atoms with Crippen molar-refractivity contribution in [3.63, 3.8) is 0 Å². The van der Waals surface area contributed by atoms with Crippen LogP contribution in [0.15, 0.2) is 42.5 Å². The number of benzene rings is 2. The average Bonchev–Trinajstić information content (AvgIpc) is 2.85. The van der Waals surface area contributed by atoms with Crippen molar-refractivity contribution in [1.29, 1.82) is 0 Å². The molecule has 2 aromatic rings. The normalized spacial score (nSPS) is 15.9. The SMILES string of the molecule is CCOC(=O)C(CC(Cc1ccc(-c2cc(Cl)ccc2F)cc1)NC(=O)OC(C)(C)C)CN1CCOCC1. The Bertz CT molecular complexity index is 1070. The summed E-state index contributed by atoms with van der Waals surface area (Å²) >= 11 is 6.06. The Kier molecular flexibility index (Phi) is 10.9. The number of alkyl carbamates (subject to hydrolysis) is 1. The molecule has 1 saturated heterocycles. The number of rotatable bonds is 10. The van der Waals surface area contributed by atoms with E-state index in [1.165, 1.54) is 12.1 Å². The quantitative estimate of drug-likeness (QED) is 0.396. The molecule has 2 aromatic carbocycles. The highest BCUT2D eigenvalue weighted by Crippen LogP contribution is 2.27. The molecule has 1 aliphatic rings. The van der Waals surface area contributed by atoms with Crippen LogP contribution in [0.4, 0.5) is 9.18 Å². The molecule has 1 aliphatic heterocycles. The summed E-state index contributed by atoms with van der Waals surface area (Å²) in [6.07, 6.45) is 0.283. The predicted molar refractivity (Wildman–Crippen MR) is 146 cm³/mol. The molecule has 2 atom stereocenters. The van der Waals surface area contributed by atoms with Crippen molar-refractivity contribution in [2.45, 2.75) is 52.2 Å². The van der Waals surface area contributed by atoms with Crippen LogP contribution in [0.25, 0.3) is 11.1 Å². The van der Waals surface area contributed by atoms with Crippen molar-refractivity contribution in [3.05, 3.63) is 58.9 Å². The first-order valence-corrected chi connectivity index (χ1v) is 13.4. The molecule has 0 radical (unpaired) electrons. The predicted octanol–water partition coefficient (Wildman–Crippen LogP) is 5.48. The van der Waals surface area contributed by atoms with Gasteiger partial charge in [0.1, 0.15) is 11.4 Å². The molecule has 1 amide bonds. The van der Waals surface area contributed by atoms with E-state index in [9.17, 15) is 14.0 Å². The maximum atomic E-state index is 14.3. The van der Waals surface area contributed by atoms with Crippen LogP contribution in [-0.4, -0.2) is 68.1 Å². The van der Waals surface area contributed by atoms with Gasteiger partial charge in [-0.15, -0.1) is 0 Å². The number of halogens is 2. The number of amides is 1. The lowest BCUT2D eigenvalue weighted by atomic mass is 9.93. The molecular weight excluding hydrogens is 511 g/mol. The van der Waals surface area contributed by atoms with Gasteiger partial charge in [0, 0.05) is 36.3 Å². The smallest absolute Gasteiger partial charge is 0.407 e. The van der Waals surface area contributed by atoms with Gasteiger partial charge in [-0.2, -0.15) is 0 Å². The zero-order valence-electron chi connectivity index (χ0n) is 22.6. The van der Waals surface area contributed by atoms with E-state index in [0.29, 0.717) is 48.7 Å². The minimum atomic E-state index is -0.661. The second-order valence-corrected chi connectivity index (χ2v) is 10.9. The molecule has 38 heavy (non-hydrogen) atoms. The molecule has 9 heteroatoms. The van der Waals surface area contributed by atoms with E-state index in [1.807, 2.05) is 24.3 Å². The fraction of sp³-hybridized carbons (Fsp3) is 0.517. The van der Waals surface area contributed by atoms with Crippen LogP contribution in [-0.2, 0) is 25.4 Å². The summed E-state index contributed by atoms with van der Waals surface area (Å²) in [5.41, 5.74) is 1.37. The molecule has 0 spiro atoms. The topological polar surface area (TPSA) is 77.1 Å². The Balaban J connectivity index is 1.80. The molecule has 3 rings (SSSR count). The van der Waals surface area contributed by atoms with E-state index in [1.54, 1.807) is 33.8 Å². The molecule has 2 unspecified atom stereocenters. The number of morpholine rings is 1. The number of nitrogens with zero attached hydrogens (tertiary/aromatic N) is 1. The van der Waals surface area contributed by atoms with Crippen molar-refractivity contribution in [2.24, 2.45) is 5.92 Å². The summed E-state index contributed by atoms with van der Waals surface area (Å²) in [4.78, 5) is 27.8. The first kappa shape index (κ1) is 29.9. The zero-order valence-corrected chi connectivity index (χ0v) is 23.4. The van der Waals surface area contributed by atoms with Gasteiger partial charge in [0.25, 0.3) is 0 Å². The number of carbonyl (C=O) groups is 2. The van der Waals surface area contributed by atoms with Crippen molar-refractivity contribution in [3.8, 4) is 11.1 Å². The van der Waals surface area contributed by atoms with E-state index < -0.39 is 23.7 Å². The minimum Gasteiger partial charge on any atom is -0.466 e. The van der Waals surface area contributed by atoms with E-state index in [0.717, 1.165) is 18.7 Å². The molecular formula is C29H38ClFN2O5. The number of carbonyl (C=O) groups excluding carboxylic acids is 2. The van der Waals surface area contributed by atoms with Gasteiger partial charge in [-0.25, -0.2) is 9.18 Å².